The summed E-state index contributed by atoms with van der Waals surface area (Å²) in [5.74, 6) is 0. The number of aryl methyl sites for hydroxylation is 1. The van der Waals surface area contributed by atoms with Crippen molar-refractivity contribution in [1.82, 2.24) is 0 Å². The standard InChI is InChI=1S/C68H49N/c1-67(2)63-27-11-8-21-58(63)61-25-14-24-60(66(61)67)55-19-7-6-18-52(55)45-29-34-48(35-30-45)69(49-36-31-46(32-37-49)53-22-13-23-54-51-17-5-3-15-44(51)33-39-56(53)54)50-38-40-59-57-20-9-12-28-64(57)68(65(59)43-50)42-41-47-16-4-10-26-62(47)68/h3-40,43H,41-42H2,1-2H3. The number of fused-ring (bicyclic) bond motifs is 13. The van der Waals surface area contributed by atoms with Crippen molar-refractivity contribution < 1.29 is 0 Å². The van der Waals surface area contributed by atoms with Crippen LogP contribution in [0.3, 0.4) is 0 Å². The van der Waals surface area contributed by atoms with Crippen LogP contribution in [0.2, 0.25) is 0 Å². The molecule has 1 unspecified atom stereocenters. The quantitative estimate of drug-likeness (QED) is 0.150. The molecule has 0 aliphatic heterocycles. The second-order valence-corrected chi connectivity index (χ2v) is 19.9. The van der Waals surface area contributed by atoms with Gasteiger partial charge < -0.3 is 4.90 Å². The summed E-state index contributed by atoms with van der Waals surface area (Å²) < 4.78 is 0. The molecule has 0 radical (unpaired) electrons. The van der Waals surface area contributed by atoms with Crippen LogP contribution in [0, 0.1) is 0 Å². The van der Waals surface area contributed by atoms with Crippen molar-refractivity contribution in [1.29, 1.82) is 0 Å². The molecule has 0 aromatic heterocycles. The normalized spacial score (nSPS) is 15.7. The first kappa shape index (κ1) is 39.9. The summed E-state index contributed by atoms with van der Waals surface area (Å²) in [4.78, 5) is 2.47. The van der Waals surface area contributed by atoms with Crippen molar-refractivity contribution in [3.63, 3.8) is 0 Å². The van der Waals surface area contributed by atoms with E-state index < -0.39 is 0 Å². The highest BCUT2D eigenvalue weighted by Crippen LogP contribution is 2.59. The molecule has 0 bridgehead atoms. The van der Waals surface area contributed by atoms with E-state index in [1.165, 1.54) is 111 Å². The maximum atomic E-state index is 2.51. The van der Waals surface area contributed by atoms with Crippen molar-refractivity contribution in [2.24, 2.45) is 0 Å². The van der Waals surface area contributed by atoms with E-state index in [2.05, 4.69) is 255 Å². The number of nitrogens with zero attached hydrogens (tertiary/aromatic N) is 1. The topological polar surface area (TPSA) is 3.24 Å². The number of benzene rings is 11. The van der Waals surface area contributed by atoms with Gasteiger partial charge in [-0.3, -0.25) is 0 Å². The maximum absolute atomic E-state index is 2.51. The first-order valence-corrected chi connectivity index (χ1v) is 24.5. The molecule has 326 valence electrons. The number of anilines is 3. The Morgan fingerprint density at radius 3 is 1.62 bits per heavy atom. The van der Waals surface area contributed by atoms with E-state index in [-0.39, 0.29) is 10.8 Å². The fraction of sp³-hybridized carbons (Fsp3) is 0.0882. The van der Waals surface area contributed by atoms with Crippen molar-refractivity contribution in [2.75, 3.05) is 4.90 Å². The summed E-state index contributed by atoms with van der Waals surface area (Å²) in [6, 6.07) is 88.9. The fourth-order valence-electron chi connectivity index (χ4n) is 13.0. The molecular formula is C68H49N. The lowest BCUT2D eigenvalue weighted by Gasteiger charge is -2.31. The molecule has 3 aliphatic rings. The zero-order chi connectivity index (χ0) is 45.8. The third kappa shape index (κ3) is 5.84. The third-order valence-corrected chi connectivity index (χ3v) is 16.1. The Hall–Kier alpha value is -8.26. The van der Waals surface area contributed by atoms with Crippen LogP contribution in [0.4, 0.5) is 17.1 Å². The summed E-state index contributed by atoms with van der Waals surface area (Å²) in [6.45, 7) is 4.77. The maximum Gasteiger partial charge on any atom is 0.0470 e. The van der Waals surface area contributed by atoms with Crippen LogP contribution in [0.15, 0.2) is 237 Å². The summed E-state index contributed by atoms with van der Waals surface area (Å²) in [5.41, 5.74) is 24.5. The van der Waals surface area contributed by atoms with Gasteiger partial charge in [-0.1, -0.05) is 214 Å². The van der Waals surface area contributed by atoms with E-state index in [1.54, 1.807) is 0 Å². The minimum absolute atomic E-state index is 0.117. The second-order valence-electron chi connectivity index (χ2n) is 19.9. The highest BCUT2D eigenvalue weighted by Gasteiger charge is 2.48. The molecule has 11 aromatic rings. The van der Waals surface area contributed by atoms with Gasteiger partial charge in [0.15, 0.2) is 0 Å². The van der Waals surface area contributed by atoms with Gasteiger partial charge in [0.1, 0.15) is 0 Å². The molecule has 0 fully saturated rings. The minimum Gasteiger partial charge on any atom is -0.310 e. The molecule has 1 nitrogen and oxygen atoms in total. The number of rotatable bonds is 6. The van der Waals surface area contributed by atoms with Gasteiger partial charge >= 0.3 is 0 Å². The van der Waals surface area contributed by atoms with E-state index in [0.29, 0.717) is 0 Å². The average molecular weight is 880 g/mol. The van der Waals surface area contributed by atoms with Gasteiger partial charge in [0.25, 0.3) is 0 Å². The molecule has 3 aliphatic carbocycles. The van der Waals surface area contributed by atoms with Crippen LogP contribution >= 0.6 is 0 Å². The summed E-state index contributed by atoms with van der Waals surface area (Å²) in [7, 11) is 0. The molecule has 0 saturated carbocycles. The molecular weight excluding hydrogens is 831 g/mol. The fourth-order valence-corrected chi connectivity index (χ4v) is 13.0. The van der Waals surface area contributed by atoms with E-state index in [1.807, 2.05) is 0 Å². The van der Waals surface area contributed by atoms with Gasteiger partial charge in [0.2, 0.25) is 0 Å². The van der Waals surface area contributed by atoms with Gasteiger partial charge in [-0.2, -0.15) is 0 Å². The van der Waals surface area contributed by atoms with Crippen molar-refractivity contribution in [2.45, 2.75) is 37.5 Å². The third-order valence-electron chi connectivity index (χ3n) is 16.1. The zero-order valence-corrected chi connectivity index (χ0v) is 38.9. The molecule has 1 spiro atoms. The zero-order valence-electron chi connectivity index (χ0n) is 38.9. The predicted octanol–water partition coefficient (Wildman–Crippen LogP) is 18.0. The molecule has 69 heavy (non-hydrogen) atoms. The highest BCUT2D eigenvalue weighted by atomic mass is 15.1. The van der Waals surface area contributed by atoms with Crippen molar-refractivity contribution in [3.05, 3.63) is 270 Å². The van der Waals surface area contributed by atoms with E-state index >= 15 is 0 Å². The molecule has 1 heteroatoms. The number of hydrogen-bond donors (Lipinski definition) is 0. The average Bonchev–Trinajstić information content (AvgIpc) is 4.02. The SMILES string of the molecule is CC1(C)c2ccccc2-c2cccc(-c3ccccc3-c3ccc(N(c4ccc(-c5cccc6c5ccc5ccccc56)cc4)c4ccc5c(c4)C4(CCc6ccccc64)c4ccccc4-5)cc3)c21. The lowest BCUT2D eigenvalue weighted by molar-refractivity contribution is 0.626. The van der Waals surface area contributed by atoms with Crippen LogP contribution in [0.25, 0.3) is 77.2 Å². The van der Waals surface area contributed by atoms with Gasteiger partial charge in [0, 0.05) is 27.9 Å². The van der Waals surface area contributed by atoms with Crippen LogP contribution < -0.4 is 4.90 Å². The Bertz CT molecular complexity index is 3870. The van der Waals surface area contributed by atoms with Crippen LogP contribution in [-0.4, -0.2) is 0 Å². The smallest absolute Gasteiger partial charge is 0.0470 e. The Balaban J connectivity index is 0.908. The van der Waals surface area contributed by atoms with Crippen LogP contribution in [0.5, 0.6) is 0 Å². The van der Waals surface area contributed by atoms with Gasteiger partial charge in [-0.15, -0.1) is 0 Å². The molecule has 11 aromatic carbocycles. The first-order chi connectivity index (χ1) is 34.0. The Morgan fingerprint density at radius 1 is 0.333 bits per heavy atom. The van der Waals surface area contributed by atoms with Crippen molar-refractivity contribution in [3.8, 4) is 55.6 Å². The Kier molecular flexibility index (Phi) is 8.74. The number of hydrogen-bond acceptors (Lipinski definition) is 1. The lowest BCUT2D eigenvalue weighted by Crippen LogP contribution is -2.24. The molecule has 0 amide bonds. The molecule has 0 N–H and O–H groups in total. The molecule has 0 saturated heterocycles. The second kappa shape index (κ2) is 15.1. The Labute approximate surface area is 404 Å². The largest absolute Gasteiger partial charge is 0.310 e. The van der Waals surface area contributed by atoms with Gasteiger partial charge in [0.05, 0.1) is 0 Å². The lowest BCUT2D eigenvalue weighted by atomic mass is 9.73. The van der Waals surface area contributed by atoms with E-state index in [0.717, 1.165) is 29.9 Å². The van der Waals surface area contributed by atoms with Crippen LogP contribution in [-0.2, 0) is 17.3 Å². The Morgan fingerprint density at radius 2 is 0.855 bits per heavy atom. The van der Waals surface area contributed by atoms with Gasteiger partial charge in [-0.05, 0) is 160 Å². The summed E-state index contributed by atoms with van der Waals surface area (Å²) in [5, 5.41) is 5.10. The first-order valence-electron chi connectivity index (χ1n) is 24.5. The summed E-state index contributed by atoms with van der Waals surface area (Å²) in [6.07, 6.45) is 2.14. The predicted molar refractivity (Wildman–Crippen MR) is 290 cm³/mol. The molecule has 14 rings (SSSR count). The van der Waals surface area contributed by atoms with Gasteiger partial charge in [-0.25, -0.2) is 0 Å². The van der Waals surface area contributed by atoms with Crippen molar-refractivity contribution >= 4 is 38.6 Å². The molecule has 1 atom stereocenters. The highest BCUT2D eigenvalue weighted by molar-refractivity contribution is 6.12. The molecule has 0 heterocycles. The minimum atomic E-state index is -0.187. The van der Waals surface area contributed by atoms with E-state index in [9.17, 15) is 0 Å². The monoisotopic (exact) mass is 879 g/mol. The van der Waals surface area contributed by atoms with E-state index in [4.69, 9.17) is 0 Å². The van der Waals surface area contributed by atoms with Crippen LogP contribution in [0.1, 0.15) is 53.6 Å². The summed E-state index contributed by atoms with van der Waals surface area (Å²) >= 11 is 0.